The normalized spacial score (nSPS) is 21.4. The Morgan fingerprint density at radius 1 is 1.32 bits per heavy atom. The van der Waals surface area contributed by atoms with E-state index in [0.29, 0.717) is 19.0 Å². The Hall–Kier alpha value is -2.70. The minimum absolute atomic E-state index is 0.0808. The van der Waals surface area contributed by atoms with Gasteiger partial charge in [-0.15, -0.1) is 0 Å². The van der Waals surface area contributed by atoms with E-state index in [-0.39, 0.29) is 17.2 Å². The van der Waals surface area contributed by atoms with E-state index in [4.69, 9.17) is 4.74 Å². The van der Waals surface area contributed by atoms with Crippen LogP contribution in [0.1, 0.15) is 45.2 Å². The molecule has 0 saturated heterocycles. The van der Waals surface area contributed by atoms with Gasteiger partial charge in [0.1, 0.15) is 11.8 Å². The molecule has 0 radical (unpaired) electrons. The van der Waals surface area contributed by atoms with E-state index in [2.05, 4.69) is 34.7 Å². The van der Waals surface area contributed by atoms with E-state index in [1.807, 2.05) is 31.2 Å². The van der Waals surface area contributed by atoms with E-state index in [0.717, 1.165) is 29.0 Å². The molecule has 1 aromatic carbocycles. The van der Waals surface area contributed by atoms with E-state index in [9.17, 15) is 4.79 Å². The molecule has 1 aliphatic carbocycles. The number of nitrogens with one attached hydrogen (secondary N) is 1. The van der Waals surface area contributed by atoms with Crippen LogP contribution in [-0.2, 0) is 4.79 Å². The highest BCUT2D eigenvalue weighted by atomic mass is 16.5. The molecule has 1 unspecified atom stereocenters. The summed E-state index contributed by atoms with van der Waals surface area (Å²) in [6.45, 7) is 6.71. The number of aromatic nitrogens is 4. The first-order chi connectivity index (χ1) is 12.0. The number of fused-ring (bicyclic) bond motifs is 1. The van der Waals surface area contributed by atoms with Gasteiger partial charge in [-0.05, 0) is 35.3 Å². The molecule has 0 spiro atoms. The fraction of sp³-hybridized carbons (Fsp3) is 0.444. The lowest BCUT2D eigenvalue weighted by Crippen LogP contribution is -2.36. The van der Waals surface area contributed by atoms with Gasteiger partial charge < -0.3 is 10.1 Å². The molecule has 0 fully saturated rings. The average Bonchev–Trinajstić information content (AvgIpc) is 3.01. The fourth-order valence-electron chi connectivity index (χ4n) is 3.75. The monoisotopic (exact) mass is 339 g/mol. The van der Waals surface area contributed by atoms with Crippen molar-refractivity contribution in [3.63, 3.8) is 0 Å². The maximum Gasteiger partial charge on any atom is 0.248 e. The predicted octanol–water partition coefficient (Wildman–Crippen LogP) is 2.73. The van der Waals surface area contributed by atoms with Gasteiger partial charge in [-0.25, -0.2) is 0 Å². The molecule has 2 aromatic rings. The Bertz CT molecular complexity index is 868. The molecule has 0 saturated carbocycles. The molecule has 1 aromatic heterocycles. The molecule has 0 amide bonds. The summed E-state index contributed by atoms with van der Waals surface area (Å²) in [5, 5.41) is 15.3. The summed E-state index contributed by atoms with van der Waals surface area (Å²) < 4.78 is 7.48. The molecule has 1 aliphatic heterocycles. The number of ether oxygens (including phenoxy) is 1. The van der Waals surface area contributed by atoms with Crippen LogP contribution < -0.4 is 10.1 Å². The van der Waals surface area contributed by atoms with E-state index < -0.39 is 0 Å². The Labute approximate surface area is 146 Å². The quantitative estimate of drug-likeness (QED) is 0.926. The Kier molecular flexibility index (Phi) is 3.59. The maximum atomic E-state index is 13.0. The van der Waals surface area contributed by atoms with Crippen LogP contribution in [0.4, 0.5) is 5.95 Å². The maximum absolute atomic E-state index is 13.0. The first-order valence-electron chi connectivity index (χ1n) is 8.53. The molecule has 7 nitrogen and oxygen atoms in total. The topological polar surface area (TPSA) is 81.9 Å². The van der Waals surface area contributed by atoms with Crippen LogP contribution in [0.3, 0.4) is 0 Å². The van der Waals surface area contributed by atoms with Crippen LogP contribution in [0.5, 0.6) is 5.75 Å². The molecular weight excluding hydrogens is 318 g/mol. The number of Topliss-reactive ketones (excluding diaryl/α,β-unsaturated/α-hetero) is 1. The molecule has 0 bridgehead atoms. The van der Waals surface area contributed by atoms with Crippen molar-refractivity contribution in [2.24, 2.45) is 5.41 Å². The first kappa shape index (κ1) is 15.8. The third-order valence-electron chi connectivity index (χ3n) is 4.71. The van der Waals surface area contributed by atoms with Crippen LogP contribution in [0.15, 0.2) is 35.5 Å². The number of carbonyl (C=O) groups is 1. The molecule has 1 atom stereocenters. The number of rotatable bonds is 3. The summed E-state index contributed by atoms with van der Waals surface area (Å²) in [6.07, 6.45) is 1.30. The van der Waals surface area contributed by atoms with Gasteiger partial charge in [-0.2, -0.15) is 4.68 Å². The van der Waals surface area contributed by atoms with Crippen molar-refractivity contribution in [3.8, 4) is 5.75 Å². The smallest absolute Gasteiger partial charge is 0.248 e. The summed E-state index contributed by atoms with van der Waals surface area (Å²) in [5.41, 5.74) is 2.48. The highest BCUT2D eigenvalue weighted by molar-refractivity contribution is 6.00. The van der Waals surface area contributed by atoms with Crippen molar-refractivity contribution in [2.75, 3.05) is 11.9 Å². The number of ketones is 1. The third kappa shape index (κ3) is 2.59. The Balaban J connectivity index is 1.91. The number of anilines is 1. The highest BCUT2D eigenvalue weighted by Crippen LogP contribution is 2.46. The number of hydrogen-bond donors (Lipinski definition) is 1. The zero-order valence-electron chi connectivity index (χ0n) is 14.6. The molecule has 4 rings (SSSR count). The van der Waals surface area contributed by atoms with Gasteiger partial charge in [0.05, 0.1) is 6.61 Å². The molecule has 2 heterocycles. The van der Waals surface area contributed by atoms with Crippen molar-refractivity contribution >= 4 is 11.7 Å². The number of para-hydroxylation sites is 1. The zero-order chi connectivity index (χ0) is 17.6. The van der Waals surface area contributed by atoms with Crippen molar-refractivity contribution < 1.29 is 9.53 Å². The summed E-state index contributed by atoms with van der Waals surface area (Å²) in [4.78, 5) is 13.0. The number of allylic oxidation sites excluding steroid dienone is 2. The Morgan fingerprint density at radius 3 is 2.92 bits per heavy atom. The second kappa shape index (κ2) is 5.68. The molecule has 7 heteroatoms. The minimum atomic E-state index is -0.368. The molecule has 2 aliphatic rings. The van der Waals surface area contributed by atoms with Crippen molar-refractivity contribution in [1.82, 2.24) is 20.2 Å². The first-order valence-corrected chi connectivity index (χ1v) is 8.53. The van der Waals surface area contributed by atoms with Crippen molar-refractivity contribution in [3.05, 3.63) is 41.1 Å². The molecule has 25 heavy (non-hydrogen) atoms. The average molecular weight is 339 g/mol. The van der Waals surface area contributed by atoms with Crippen LogP contribution >= 0.6 is 0 Å². The number of tetrazole rings is 1. The number of nitrogens with zero attached hydrogens (tertiary/aromatic N) is 4. The molecule has 130 valence electrons. The number of hydrogen-bond acceptors (Lipinski definition) is 6. The molecular formula is C18H21N5O2. The zero-order valence-corrected chi connectivity index (χ0v) is 14.6. The van der Waals surface area contributed by atoms with Crippen molar-refractivity contribution in [2.45, 2.75) is 39.7 Å². The van der Waals surface area contributed by atoms with Gasteiger partial charge >= 0.3 is 0 Å². The standard InChI is InChI=1S/C18H21N5O2/c1-4-25-14-8-6-5-7-11(14)16-15-12(9-18(2,3)10-13(15)24)19-17-20-21-22-23(16)17/h5-8,16H,4,9-10H2,1-3H3,(H,19,20,22). The summed E-state index contributed by atoms with van der Waals surface area (Å²) >= 11 is 0. The van der Waals surface area contributed by atoms with Gasteiger partial charge in [-0.3, -0.25) is 4.79 Å². The van der Waals surface area contributed by atoms with Gasteiger partial charge in [-0.1, -0.05) is 37.1 Å². The number of carbonyl (C=O) groups excluding carboxylic acids is 1. The Morgan fingerprint density at radius 2 is 2.12 bits per heavy atom. The highest BCUT2D eigenvalue weighted by Gasteiger charge is 2.42. The van der Waals surface area contributed by atoms with Gasteiger partial charge in [0.25, 0.3) is 0 Å². The van der Waals surface area contributed by atoms with Gasteiger partial charge in [0.15, 0.2) is 5.78 Å². The van der Waals surface area contributed by atoms with E-state index in [1.54, 1.807) is 4.68 Å². The van der Waals surface area contributed by atoms with Crippen LogP contribution in [0.2, 0.25) is 0 Å². The van der Waals surface area contributed by atoms with Crippen LogP contribution in [-0.4, -0.2) is 32.6 Å². The van der Waals surface area contributed by atoms with Gasteiger partial charge in [0.2, 0.25) is 5.95 Å². The molecule has 1 N–H and O–H groups in total. The lowest BCUT2D eigenvalue weighted by Gasteiger charge is -2.38. The van der Waals surface area contributed by atoms with Crippen molar-refractivity contribution in [1.29, 1.82) is 0 Å². The number of benzene rings is 1. The second-order valence-corrected chi connectivity index (χ2v) is 7.28. The van der Waals surface area contributed by atoms with Gasteiger partial charge in [0, 0.05) is 23.3 Å². The summed E-state index contributed by atoms with van der Waals surface area (Å²) in [6, 6.07) is 7.40. The lowest BCUT2D eigenvalue weighted by atomic mass is 9.73. The second-order valence-electron chi connectivity index (χ2n) is 7.28. The minimum Gasteiger partial charge on any atom is -0.494 e. The van der Waals surface area contributed by atoms with E-state index in [1.165, 1.54) is 0 Å². The summed E-state index contributed by atoms with van der Waals surface area (Å²) in [5.74, 6) is 1.44. The SMILES string of the molecule is CCOc1ccccc1C1C2=C(CC(C)(C)CC2=O)Nc2nnnn21. The fourth-order valence-corrected chi connectivity index (χ4v) is 3.75. The lowest BCUT2D eigenvalue weighted by molar-refractivity contribution is -0.118. The third-order valence-corrected chi connectivity index (χ3v) is 4.71. The predicted molar refractivity (Wildman–Crippen MR) is 92.2 cm³/mol. The van der Waals surface area contributed by atoms with E-state index >= 15 is 0 Å². The van der Waals surface area contributed by atoms with Crippen LogP contribution in [0, 0.1) is 5.41 Å². The summed E-state index contributed by atoms with van der Waals surface area (Å²) in [7, 11) is 0. The van der Waals surface area contributed by atoms with Crippen LogP contribution in [0.25, 0.3) is 0 Å². The largest absolute Gasteiger partial charge is 0.494 e.